The number of hydrogen-bond acceptors (Lipinski definition) is 3. The first-order chi connectivity index (χ1) is 8.01. The van der Waals surface area contributed by atoms with Gasteiger partial charge in [0.2, 0.25) is 0 Å². The normalized spacial score (nSPS) is 16.9. The Labute approximate surface area is 102 Å². The van der Waals surface area contributed by atoms with Crippen LogP contribution < -0.4 is 0 Å². The van der Waals surface area contributed by atoms with E-state index in [-0.39, 0.29) is 11.1 Å². The maximum absolute atomic E-state index is 12.3. The van der Waals surface area contributed by atoms with Crippen molar-refractivity contribution in [1.82, 2.24) is 14.5 Å². The lowest BCUT2D eigenvalue weighted by Crippen LogP contribution is -2.34. The highest BCUT2D eigenvalue weighted by Gasteiger charge is 2.38. The van der Waals surface area contributed by atoms with E-state index in [9.17, 15) is 8.42 Å². The Hall–Kier alpha value is -0.880. The zero-order valence-electron chi connectivity index (χ0n) is 10.3. The van der Waals surface area contributed by atoms with Crippen LogP contribution in [-0.2, 0) is 10.0 Å². The molecule has 1 heterocycles. The van der Waals surface area contributed by atoms with Crippen LogP contribution in [0, 0.1) is 5.92 Å². The molecular weight excluding hydrogens is 238 g/mol. The van der Waals surface area contributed by atoms with Crippen molar-refractivity contribution in [1.29, 1.82) is 0 Å². The van der Waals surface area contributed by atoms with Gasteiger partial charge in [0.25, 0.3) is 10.0 Å². The second-order valence-electron chi connectivity index (χ2n) is 4.95. The molecule has 0 aromatic carbocycles. The Morgan fingerprint density at radius 3 is 2.71 bits per heavy atom. The highest BCUT2D eigenvalue weighted by Crippen LogP contribution is 2.31. The largest absolute Gasteiger partial charge is 0.266 e. The summed E-state index contributed by atoms with van der Waals surface area (Å²) in [5, 5.41) is 6.47. The second-order valence-corrected chi connectivity index (χ2v) is 6.81. The Balaban J connectivity index is 2.15. The van der Waals surface area contributed by atoms with E-state index < -0.39 is 10.0 Å². The highest BCUT2D eigenvalue weighted by molar-refractivity contribution is 7.89. The van der Waals surface area contributed by atoms with E-state index >= 15 is 0 Å². The first-order valence-corrected chi connectivity index (χ1v) is 7.47. The van der Waals surface area contributed by atoms with Crippen molar-refractivity contribution in [2.75, 3.05) is 6.54 Å². The average Bonchev–Trinajstić information content (AvgIpc) is 2.92. The van der Waals surface area contributed by atoms with Crippen molar-refractivity contribution < 1.29 is 8.42 Å². The van der Waals surface area contributed by atoms with E-state index in [0.717, 1.165) is 19.3 Å². The van der Waals surface area contributed by atoms with Crippen LogP contribution in [0.25, 0.3) is 0 Å². The number of sulfonamides is 1. The van der Waals surface area contributed by atoms with E-state index in [0.29, 0.717) is 12.5 Å². The monoisotopic (exact) mass is 257 g/mol. The third kappa shape index (κ3) is 2.87. The van der Waals surface area contributed by atoms with Gasteiger partial charge in [-0.1, -0.05) is 13.8 Å². The van der Waals surface area contributed by atoms with Crippen molar-refractivity contribution in [3.8, 4) is 0 Å². The first kappa shape index (κ1) is 12.6. The summed E-state index contributed by atoms with van der Waals surface area (Å²) in [7, 11) is -3.37. The average molecular weight is 257 g/mol. The quantitative estimate of drug-likeness (QED) is 0.842. The molecule has 6 heteroatoms. The summed E-state index contributed by atoms with van der Waals surface area (Å²) in [6, 6.07) is 1.71. The summed E-state index contributed by atoms with van der Waals surface area (Å²) in [5.74, 6) is 0.508. The molecule has 0 radical (unpaired) electrons. The van der Waals surface area contributed by atoms with Gasteiger partial charge in [0.1, 0.15) is 0 Å². The molecule has 17 heavy (non-hydrogen) atoms. The fraction of sp³-hybridized carbons (Fsp3) is 0.727. The Morgan fingerprint density at radius 2 is 2.24 bits per heavy atom. The van der Waals surface area contributed by atoms with Gasteiger partial charge in [-0.25, -0.2) is 8.42 Å². The number of rotatable bonds is 6. The fourth-order valence-electron chi connectivity index (χ4n) is 1.76. The SMILES string of the molecule is CC(C)CCN(C1CC1)S(=O)(=O)c1ccn[nH]1. The topological polar surface area (TPSA) is 66.1 Å². The smallest absolute Gasteiger partial charge is 0.260 e. The van der Waals surface area contributed by atoms with Crippen LogP contribution in [0.2, 0.25) is 0 Å². The number of nitrogens with one attached hydrogen (secondary N) is 1. The molecule has 0 saturated heterocycles. The van der Waals surface area contributed by atoms with Crippen LogP contribution in [0.15, 0.2) is 17.3 Å². The summed E-state index contributed by atoms with van der Waals surface area (Å²) in [5.41, 5.74) is 0. The first-order valence-electron chi connectivity index (χ1n) is 6.03. The van der Waals surface area contributed by atoms with Gasteiger partial charge in [-0.3, -0.25) is 5.10 Å². The molecule has 0 aliphatic heterocycles. The van der Waals surface area contributed by atoms with Crippen LogP contribution in [0.4, 0.5) is 0 Å². The molecule has 96 valence electrons. The minimum absolute atomic E-state index is 0.196. The molecular formula is C11H19N3O2S. The Kier molecular flexibility index (Phi) is 3.53. The lowest BCUT2D eigenvalue weighted by atomic mass is 10.1. The molecule has 0 amide bonds. The molecule has 1 aromatic rings. The predicted molar refractivity (Wildman–Crippen MR) is 65.0 cm³/mol. The molecule has 1 N–H and O–H groups in total. The summed E-state index contributed by atoms with van der Waals surface area (Å²) in [6.45, 7) is 4.81. The van der Waals surface area contributed by atoms with Gasteiger partial charge in [-0.15, -0.1) is 0 Å². The van der Waals surface area contributed by atoms with Gasteiger partial charge >= 0.3 is 0 Å². The van der Waals surface area contributed by atoms with Gasteiger partial charge in [-0.2, -0.15) is 9.40 Å². The second kappa shape index (κ2) is 4.78. The summed E-state index contributed by atoms with van der Waals surface area (Å²) in [4.78, 5) is 0. The van der Waals surface area contributed by atoms with Crippen molar-refractivity contribution in [3.05, 3.63) is 12.3 Å². The number of hydrogen-bond donors (Lipinski definition) is 1. The molecule has 1 aliphatic rings. The summed E-state index contributed by atoms with van der Waals surface area (Å²) < 4.78 is 26.3. The maximum Gasteiger partial charge on any atom is 0.260 e. The van der Waals surface area contributed by atoms with E-state index in [1.54, 1.807) is 4.31 Å². The Morgan fingerprint density at radius 1 is 1.53 bits per heavy atom. The van der Waals surface area contributed by atoms with Crippen LogP contribution in [0.5, 0.6) is 0 Å². The number of nitrogens with zero attached hydrogens (tertiary/aromatic N) is 2. The van der Waals surface area contributed by atoms with E-state index in [1.165, 1.54) is 12.3 Å². The molecule has 1 aromatic heterocycles. The molecule has 2 rings (SSSR count). The zero-order chi connectivity index (χ0) is 12.5. The summed E-state index contributed by atoms with van der Waals surface area (Å²) >= 11 is 0. The van der Waals surface area contributed by atoms with Crippen molar-refractivity contribution >= 4 is 10.0 Å². The minimum atomic E-state index is -3.37. The third-order valence-electron chi connectivity index (χ3n) is 2.94. The van der Waals surface area contributed by atoms with E-state index in [1.807, 2.05) is 0 Å². The zero-order valence-corrected chi connectivity index (χ0v) is 11.1. The van der Waals surface area contributed by atoms with Crippen molar-refractivity contribution in [2.45, 2.75) is 44.2 Å². The predicted octanol–water partition coefficient (Wildman–Crippen LogP) is 1.61. The highest BCUT2D eigenvalue weighted by atomic mass is 32.2. The molecule has 5 nitrogen and oxygen atoms in total. The Bertz CT molecular complexity index is 449. The molecule has 1 saturated carbocycles. The lowest BCUT2D eigenvalue weighted by molar-refractivity contribution is 0.372. The number of H-pyrrole nitrogens is 1. The van der Waals surface area contributed by atoms with Crippen LogP contribution in [0.1, 0.15) is 33.1 Å². The number of aromatic nitrogens is 2. The standard InChI is InChI=1S/C11H19N3O2S/c1-9(2)6-8-14(10-3-4-10)17(15,16)11-5-7-12-13-11/h5,7,9-10H,3-4,6,8H2,1-2H3,(H,12,13). The molecule has 0 spiro atoms. The van der Waals surface area contributed by atoms with Crippen LogP contribution >= 0.6 is 0 Å². The molecule has 0 unspecified atom stereocenters. The van der Waals surface area contributed by atoms with E-state index in [2.05, 4.69) is 24.0 Å². The maximum atomic E-state index is 12.3. The molecule has 0 bridgehead atoms. The van der Waals surface area contributed by atoms with Gasteiger partial charge < -0.3 is 0 Å². The van der Waals surface area contributed by atoms with Gasteiger partial charge in [0.15, 0.2) is 5.03 Å². The van der Waals surface area contributed by atoms with Crippen LogP contribution in [-0.4, -0.2) is 35.5 Å². The third-order valence-corrected chi connectivity index (χ3v) is 4.82. The van der Waals surface area contributed by atoms with Crippen molar-refractivity contribution in [3.63, 3.8) is 0 Å². The van der Waals surface area contributed by atoms with Crippen molar-refractivity contribution in [2.24, 2.45) is 5.92 Å². The molecule has 0 atom stereocenters. The van der Waals surface area contributed by atoms with Gasteiger partial charge in [0.05, 0.1) is 6.20 Å². The molecule has 1 fully saturated rings. The van der Waals surface area contributed by atoms with Crippen LogP contribution in [0.3, 0.4) is 0 Å². The van der Waals surface area contributed by atoms with Gasteiger partial charge in [-0.05, 0) is 31.2 Å². The molecule has 1 aliphatic carbocycles. The van der Waals surface area contributed by atoms with Gasteiger partial charge in [0, 0.05) is 12.6 Å². The summed E-state index contributed by atoms with van der Waals surface area (Å²) in [6.07, 6.45) is 4.32. The van der Waals surface area contributed by atoms with E-state index in [4.69, 9.17) is 0 Å². The lowest BCUT2D eigenvalue weighted by Gasteiger charge is -2.21. The number of aromatic amines is 1. The fourth-order valence-corrected chi connectivity index (χ4v) is 3.36. The minimum Gasteiger partial charge on any atom is -0.266 e.